The zero-order valence-corrected chi connectivity index (χ0v) is 10.7. The number of rotatable bonds is 4. The maximum Gasteiger partial charge on any atom is 0.0572 e. The van der Waals surface area contributed by atoms with Crippen LogP contribution in [0.4, 0.5) is 0 Å². The highest BCUT2D eigenvalue weighted by Crippen LogP contribution is 2.33. The molecule has 0 aromatic heterocycles. The number of benzene rings is 1. The van der Waals surface area contributed by atoms with Crippen LogP contribution in [-0.2, 0) is 11.4 Å². The molecule has 1 aliphatic carbocycles. The third-order valence-electron chi connectivity index (χ3n) is 3.76. The SMILES string of the molecule is CONCc1ccccc1C1CCCCCC1. The molecule has 0 amide bonds. The van der Waals surface area contributed by atoms with E-state index in [1.54, 1.807) is 7.11 Å². The third-order valence-corrected chi connectivity index (χ3v) is 3.76. The first kappa shape index (κ1) is 12.6. The van der Waals surface area contributed by atoms with Crippen molar-refractivity contribution in [2.45, 2.75) is 51.0 Å². The molecule has 1 fully saturated rings. The Morgan fingerprint density at radius 3 is 2.53 bits per heavy atom. The van der Waals surface area contributed by atoms with Gasteiger partial charge in [0.05, 0.1) is 7.11 Å². The lowest BCUT2D eigenvalue weighted by atomic mass is 9.88. The van der Waals surface area contributed by atoms with Crippen LogP contribution in [0.15, 0.2) is 24.3 Å². The van der Waals surface area contributed by atoms with Crippen LogP contribution in [0.5, 0.6) is 0 Å². The lowest BCUT2D eigenvalue weighted by molar-refractivity contribution is 0.0864. The summed E-state index contributed by atoms with van der Waals surface area (Å²) in [6.45, 7) is 0.809. The Morgan fingerprint density at radius 1 is 1.12 bits per heavy atom. The third kappa shape index (κ3) is 3.55. The highest BCUT2D eigenvalue weighted by Gasteiger charge is 2.16. The molecule has 0 saturated heterocycles. The summed E-state index contributed by atoms with van der Waals surface area (Å²) >= 11 is 0. The second-order valence-corrected chi connectivity index (χ2v) is 4.91. The van der Waals surface area contributed by atoms with E-state index in [0.29, 0.717) is 0 Å². The Bertz CT molecular complexity index is 329. The maximum absolute atomic E-state index is 4.96. The number of hydrogen-bond acceptors (Lipinski definition) is 2. The Morgan fingerprint density at radius 2 is 1.82 bits per heavy atom. The van der Waals surface area contributed by atoms with Crippen molar-refractivity contribution in [2.75, 3.05) is 7.11 Å². The minimum atomic E-state index is 0.757. The molecule has 1 saturated carbocycles. The summed E-state index contributed by atoms with van der Waals surface area (Å²) < 4.78 is 0. The van der Waals surface area contributed by atoms with Gasteiger partial charge in [-0.05, 0) is 29.9 Å². The van der Waals surface area contributed by atoms with Gasteiger partial charge in [-0.15, -0.1) is 0 Å². The van der Waals surface area contributed by atoms with E-state index in [2.05, 4.69) is 29.7 Å². The van der Waals surface area contributed by atoms with Crippen LogP contribution in [-0.4, -0.2) is 7.11 Å². The van der Waals surface area contributed by atoms with Gasteiger partial charge in [-0.1, -0.05) is 49.9 Å². The van der Waals surface area contributed by atoms with Crippen LogP contribution in [0, 0.1) is 0 Å². The summed E-state index contributed by atoms with van der Waals surface area (Å²) in [7, 11) is 1.67. The summed E-state index contributed by atoms with van der Waals surface area (Å²) in [6, 6.07) is 8.79. The Balaban J connectivity index is 2.11. The van der Waals surface area contributed by atoms with Crippen LogP contribution < -0.4 is 5.48 Å². The van der Waals surface area contributed by atoms with Gasteiger partial charge in [0.25, 0.3) is 0 Å². The predicted octanol–water partition coefficient (Wildman–Crippen LogP) is 3.78. The van der Waals surface area contributed by atoms with Crippen LogP contribution in [0.25, 0.3) is 0 Å². The molecule has 0 atom stereocenters. The fraction of sp³-hybridized carbons (Fsp3) is 0.600. The molecule has 2 heteroatoms. The van der Waals surface area contributed by atoms with Crippen LogP contribution in [0.1, 0.15) is 55.6 Å². The van der Waals surface area contributed by atoms with Crippen molar-refractivity contribution in [2.24, 2.45) is 0 Å². The van der Waals surface area contributed by atoms with Crippen molar-refractivity contribution >= 4 is 0 Å². The standard InChI is InChI=1S/C15H23NO/c1-17-16-12-14-10-6-7-11-15(14)13-8-4-2-3-5-9-13/h6-7,10-11,13,16H,2-5,8-9,12H2,1H3. The molecule has 2 nitrogen and oxygen atoms in total. The molecule has 17 heavy (non-hydrogen) atoms. The van der Waals surface area contributed by atoms with Gasteiger partial charge in [0, 0.05) is 6.54 Å². The topological polar surface area (TPSA) is 21.3 Å². The molecule has 0 spiro atoms. The zero-order valence-electron chi connectivity index (χ0n) is 10.7. The van der Waals surface area contributed by atoms with E-state index < -0.39 is 0 Å². The first-order valence-electron chi connectivity index (χ1n) is 6.75. The van der Waals surface area contributed by atoms with Crippen LogP contribution in [0.2, 0.25) is 0 Å². The van der Waals surface area contributed by atoms with E-state index in [0.717, 1.165) is 12.5 Å². The van der Waals surface area contributed by atoms with E-state index in [9.17, 15) is 0 Å². The highest BCUT2D eigenvalue weighted by atomic mass is 16.6. The second kappa shape index (κ2) is 6.77. The van der Waals surface area contributed by atoms with Crippen molar-refractivity contribution < 1.29 is 4.84 Å². The summed E-state index contributed by atoms with van der Waals surface area (Å²) in [5.74, 6) is 0.757. The van der Waals surface area contributed by atoms with E-state index in [1.165, 1.54) is 49.7 Å². The summed E-state index contributed by atoms with van der Waals surface area (Å²) in [5.41, 5.74) is 5.88. The Labute approximate surface area is 104 Å². The average molecular weight is 233 g/mol. The smallest absolute Gasteiger partial charge is 0.0572 e. The summed E-state index contributed by atoms with van der Waals surface area (Å²) in [5, 5.41) is 0. The van der Waals surface area contributed by atoms with E-state index in [4.69, 9.17) is 4.84 Å². The molecule has 1 N–H and O–H groups in total. The first-order chi connectivity index (χ1) is 8.42. The van der Waals surface area contributed by atoms with Gasteiger partial charge in [0.15, 0.2) is 0 Å². The minimum absolute atomic E-state index is 0.757. The Kier molecular flexibility index (Phi) is 5.02. The van der Waals surface area contributed by atoms with Gasteiger partial charge in [-0.25, -0.2) is 0 Å². The highest BCUT2D eigenvalue weighted by molar-refractivity contribution is 5.30. The van der Waals surface area contributed by atoms with Crippen molar-refractivity contribution in [1.82, 2.24) is 5.48 Å². The lowest BCUT2D eigenvalue weighted by Gasteiger charge is -2.18. The van der Waals surface area contributed by atoms with Gasteiger partial charge in [0.1, 0.15) is 0 Å². The average Bonchev–Trinajstić information content (AvgIpc) is 2.65. The lowest BCUT2D eigenvalue weighted by Crippen LogP contribution is -2.13. The number of hydroxylamine groups is 1. The fourth-order valence-corrected chi connectivity index (χ4v) is 2.83. The number of hydrogen-bond donors (Lipinski definition) is 1. The Hall–Kier alpha value is -0.860. The van der Waals surface area contributed by atoms with Crippen molar-refractivity contribution in [3.63, 3.8) is 0 Å². The number of nitrogens with one attached hydrogen (secondary N) is 1. The normalized spacial score (nSPS) is 17.9. The monoisotopic (exact) mass is 233 g/mol. The van der Waals surface area contributed by atoms with Crippen molar-refractivity contribution in [3.8, 4) is 0 Å². The molecular weight excluding hydrogens is 210 g/mol. The molecular formula is C15H23NO. The molecule has 1 aromatic carbocycles. The quantitative estimate of drug-likeness (QED) is 0.631. The van der Waals surface area contributed by atoms with Gasteiger partial charge in [-0.2, -0.15) is 5.48 Å². The molecule has 0 heterocycles. The van der Waals surface area contributed by atoms with Crippen molar-refractivity contribution in [3.05, 3.63) is 35.4 Å². The van der Waals surface area contributed by atoms with E-state index in [1.807, 2.05) is 0 Å². The first-order valence-corrected chi connectivity index (χ1v) is 6.75. The van der Waals surface area contributed by atoms with E-state index in [-0.39, 0.29) is 0 Å². The molecule has 0 radical (unpaired) electrons. The second-order valence-electron chi connectivity index (χ2n) is 4.91. The molecule has 1 aliphatic rings. The summed E-state index contributed by atoms with van der Waals surface area (Å²) in [4.78, 5) is 4.96. The summed E-state index contributed by atoms with van der Waals surface area (Å²) in [6.07, 6.45) is 8.30. The predicted molar refractivity (Wildman–Crippen MR) is 70.7 cm³/mol. The van der Waals surface area contributed by atoms with Gasteiger partial charge in [0.2, 0.25) is 0 Å². The van der Waals surface area contributed by atoms with Gasteiger partial charge < -0.3 is 4.84 Å². The van der Waals surface area contributed by atoms with Crippen LogP contribution in [0.3, 0.4) is 0 Å². The van der Waals surface area contributed by atoms with Crippen molar-refractivity contribution in [1.29, 1.82) is 0 Å². The maximum atomic E-state index is 4.96. The largest absolute Gasteiger partial charge is 0.305 e. The zero-order chi connectivity index (χ0) is 11.9. The van der Waals surface area contributed by atoms with Gasteiger partial charge in [-0.3, -0.25) is 0 Å². The van der Waals surface area contributed by atoms with Crippen LogP contribution >= 0.6 is 0 Å². The molecule has 0 bridgehead atoms. The molecule has 0 aliphatic heterocycles. The molecule has 2 rings (SSSR count). The minimum Gasteiger partial charge on any atom is -0.305 e. The molecule has 94 valence electrons. The fourth-order valence-electron chi connectivity index (χ4n) is 2.83. The van der Waals surface area contributed by atoms with Gasteiger partial charge >= 0.3 is 0 Å². The molecule has 1 aromatic rings. The molecule has 0 unspecified atom stereocenters. The van der Waals surface area contributed by atoms with E-state index >= 15 is 0 Å².